The molecule has 3 rings (SSSR count). The van der Waals surface area contributed by atoms with E-state index >= 15 is 0 Å². The molecule has 150 valence electrons. The van der Waals surface area contributed by atoms with Gasteiger partial charge in [-0.2, -0.15) is 0 Å². The predicted molar refractivity (Wildman–Crippen MR) is 107 cm³/mol. The Balaban J connectivity index is 1.95. The number of amides is 1. The van der Waals surface area contributed by atoms with E-state index in [-0.39, 0.29) is 24.2 Å². The highest BCUT2D eigenvalue weighted by Crippen LogP contribution is 2.34. The first kappa shape index (κ1) is 20.6. The number of hydrogen-bond donors (Lipinski definition) is 3. The van der Waals surface area contributed by atoms with Gasteiger partial charge >= 0.3 is 0 Å². The minimum Gasteiger partial charge on any atom is -0.395 e. The van der Waals surface area contributed by atoms with Crippen LogP contribution >= 0.6 is 11.9 Å². The Morgan fingerprint density at radius 3 is 2.86 bits per heavy atom. The Bertz CT molecular complexity index is 911. The molecule has 5 nitrogen and oxygen atoms in total. The minimum absolute atomic E-state index is 0.00139. The van der Waals surface area contributed by atoms with Crippen molar-refractivity contribution in [2.45, 2.75) is 44.2 Å². The lowest BCUT2D eigenvalue weighted by Crippen LogP contribution is -2.22. The summed E-state index contributed by atoms with van der Waals surface area (Å²) in [4.78, 5) is 13.9. The molecule has 1 atom stereocenters. The molecule has 0 aliphatic carbocycles. The summed E-state index contributed by atoms with van der Waals surface area (Å²) >= 11 is 1.38. The second-order valence-electron chi connectivity index (χ2n) is 6.77. The second kappa shape index (κ2) is 8.89. The third kappa shape index (κ3) is 4.29. The van der Waals surface area contributed by atoms with Crippen molar-refractivity contribution >= 4 is 29.6 Å². The number of aliphatic hydroxyl groups is 1. The summed E-state index contributed by atoms with van der Waals surface area (Å²) < 4.78 is 31.8. The maximum Gasteiger partial charge on any atom is 0.272 e. The lowest BCUT2D eigenvalue weighted by Gasteiger charge is -2.11. The van der Waals surface area contributed by atoms with Crippen LogP contribution in [0.5, 0.6) is 0 Å². The van der Waals surface area contributed by atoms with Gasteiger partial charge in [-0.05, 0) is 62.4 Å². The third-order valence-corrected chi connectivity index (χ3v) is 5.79. The number of allylic oxidation sites excluding steroid dienone is 1. The number of halogens is 2. The van der Waals surface area contributed by atoms with Gasteiger partial charge < -0.3 is 15.0 Å². The molecule has 1 aromatic carbocycles. The van der Waals surface area contributed by atoms with E-state index in [1.165, 1.54) is 18.0 Å². The summed E-state index contributed by atoms with van der Waals surface area (Å²) in [7, 11) is 0. The molecule has 0 fully saturated rings. The highest BCUT2D eigenvalue weighted by molar-refractivity contribution is 7.97. The maximum atomic E-state index is 13.5. The molecule has 0 bridgehead atoms. The van der Waals surface area contributed by atoms with Gasteiger partial charge in [0.15, 0.2) is 11.6 Å². The van der Waals surface area contributed by atoms with Crippen LogP contribution in [0.15, 0.2) is 29.2 Å². The predicted octanol–water partition coefficient (Wildman–Crippen LogP) is 4.11. The van der Waals surface area contributed by atoms with Crippen LogP contribution < -0.4 is 10.0 Å². The van der Waals surface area contributed by atoms with Crippen LogP contribution in [-0.4, -0.2) is 28.2 Å². The molecule has 3 N–H and O–H groups in total. The number of fused-ring (bicyclic) bond motifs is 1. The van der Waals surface area contributed by atoms with Gasteiger partial charge in [-0.1, -0.05) is 6.08 Å². The van der Waals surface area contributed by atoms with Gasteiger partial charge in [-0.3, -0.25) is 9.52 Å². The Hall–Kier alpha value is -2.16. The van der Waals surface area contributed by atoms with Crippen LogP contribution in [0.4, 0.5) is 14.5 Å². The van der Waals surface area contributed by atoms with Crippen molar-refractivity contribution in [3.05, 3.63) is 52.9 Å². The van der Waals surface area contributed by atoms with Crippen LogP contribution in [-0.2, 0) is 6.54 Å². The average Bonchev–Trinajstić information content (AvgIpc) is 2.80. The van der Waals surface area contributed by atoms with Gasteiger partial charge in [0.1, 0.15) is 5.69 Å². The molecule has 1 unspecified atom stereocenters. The summed E-state index contributed by atoms with van der Waals surface area (Å²) in [6, 6.07) is 3.18. The van der Waals surface area contributed by atoms with Crippen molar-refractivity contribution in [1.29, 1.82) is 0 Å². The Labute approximate surface area is 167 Å². The van der Waals surface area contributed by atoms with Crippen molar-refractivity contribution in [2.75, 3.05) is 11.9 Å². The van der Waals surface area contributed by atoms with E-state index in [1.807, 2.05) is 24.5 Å². The lowest BCUT2D eigenvalue weighted by molar-refractivity contribution is 0.101. The number of carbonyl (C=O) groups excluding carboxylic acids is 1. The molecule has 2 heterocycles. The number of carbonyl (C=O) groups is 1. The zero-order valence-electron chi connectivity index (χ0n) is 15.8. The molecular weight excluding hydrogens is 384 g/mol. The van der Waals surface area contributed by atoms with E-state index in [9.17, 15) is 18.7 Å². The van der Waals surface area contributed by atoms with Gasteiger partial charge in [0, 0.05) is 24.3 Å². The Kier molecular flexibility index (Phi) is 6.53. The zero-order valence-corrected chi connectivity index (χ0v) is 16.6. The number of nitrogens with zero attached hydrogens (tertiary/aromatic N) is 1. The minimum atomic E-state index is -1.01. The molecule has 0 radical (unpaired) electrons. The topological polar surface area (TPSA) is 66.3 Å². The fraction of sp³-hybridized carbons (Fsp3) is 0.350. The summed E-state index contributed by atoms with van der Waals surface area (Å²) in [5.74, 6) is -2.34. The molecule has 2 aromatic rings. The highest BCUT2D eigenvalue weighted by Gasteiger charge is 2.25. The second-order valence-corrected chi connectivity index (χ2v) is 7.62. The maximum absolute atomic E-state index is 13.5. The summed E-state index contributed by atoms with van der Waals surface area (Å²) in [6.07, 6.45) is 5.89. The molecule has 8 heteroatoms. The smallest absolute Gasteiger partial charge is 0.272 e. The first-order valence-corrected chi connectivity index (χ1v) is 9.93. The molecule has 28 heavy (non-hydrogen) atoms. The van der Waals surface area contributed by atoms with Gasteiger partial charge in [0.2, 0.25) is 0 Å². The molecule has 0 spiro atoms. The number of rotatable bonds is 6. The van der Waals surface area contributed by atoms with Crippen molar-refractivity contribution in [1.82, 2.24) is 9.29 Å². The fourth-order valence-corrected chi connectivity index (χ4v) is 4.01. The van der Waals surface area contributed by atoms with Crippen LogP contribution in [0.25, 0.3) is 6.08 Å². The highest BCUT2D eigenvalue weighted by atomic mass is 32.2. The summed E-state index contributed by atoms with van der Waals surface area (Å²) in [6.45, 7) is 4.41. The van der Waals surface area contributed by atoms with Crippen LogP contribution in [0.3, 0.4) is 0 Å². The van der Waals surface area contributed by atoms with Crippen LogP contribution in [0.2, 0.25) is 0 Å². The molecule has 0 saturated heterocycles. The Morgan fingerprint density at radius 1 is 1.36 bits per heavy atom. The largest absolute Gasteiger partial charge is 0.395 e. The number of aromatic nitrogens is 1. The number of nitrogens with one attached hydrogen (secondary N) is 2. The fourth-order valence-electron chi connectivity index (χ4n) is 3.09. The zero-order chi connectivity index (χ0) is 20.3. The van der Waals surface area contributed by atoms with Crippen molar-refractivity contribution in [3.63, 3.8) is 0 Å². The van der Waals surface area contributed by atoms with Crippen LogP contribution in [0, 0.1) is 18.6 Å². The number of hydrogen-bond acceptors (Lipinski definition) is 4. The van der Waals surface area contributed by atoms with E-state index < -0.39 is 11.6 Å². The van der Waals surface area contributed by atoms with Gasteiger partial charge in [0.05, 0.1) is 17.2 Å². The lowest BCUT2D eigenvalue weighted by atomic mass is 10.2. The molecular formula is C20H23F2N3O2S. The van der Waals surface area contributed by atoms with Crippen LogP contribution in [0.1, 0.15) is 41.5 Å². The van der Waals surface area contributed by atoms with Gasteiger partial charge in [-0.15, -0.1) is 0 Å². The molecule has 1 aliphatic rings. The van der Waals surface area contributed by atoms with E-state index in [0.717, 1.165) is 41.1 Å². The first-order chi connectivity index (χ1) is 13.4. The molecule has 1 aromatic heterocycles. The van der Waals surface area contributed by atoms with E-state index in [0.29, 0.717) is 12.2 Å². The van der Waals surface area contributed by atoms with E-state index in [1.54, 1.807) is 0 Å². The van der Waals surface area contributed by atoms with E-state index in [2.05, 4.69) is 16.1 Å². The number of aliphatic hydroxyl groups excluding tert-OH is 1. The summed E-state index contributed by atoms with van der Waals surface area (Å²) in [5.41, 5.74) is 2.41. The normalized spacial score (nSPS) is 14.5. The average molecular weight is 407 g/mol. The molecule has 1 amide bonds. The Morgan fingerprint density at radius 2 is 2.14 bits per heavy atom. The van der Waals surface area contributed by atoms with Crippen molar-refractivity contribution in [2.24, 2.45) is 0 Å². The van der Waals surface area contributed by atoms with Crippen molar-refractivity contribution < 1.29 is 18.7 Å². The molecule has 1 aliphatic heterocycles. The standard InChI is InChI=1S/C20H23F2N3O2S/c1-12(11-26)24-28-19-13(2)18(25-9-5-3-4-6-17(19)25)20(27)23-14-7-8-15(21)16(22)10-14/h4,6-8,10,12,24,26H,3,5,9,11H2,1-2H3,(H,23,27). The third-order valence-electron chi connectivity index (χ3n) is 4.55. The first-order valence-electron chi connectivity index (χ1n) is 9.11. The van der Waals surface area contributed by atoms with Crippen molar-refractivity contribution in [3.8, 4) is 0 Å². The quantitative estimate of drug-likeness (QED) is 0.631. The SMILES string of the molecule is Cc1c(SNC(C)CO)c2n(c1C(=O)Nc1ccc(F)c(F)c1)CCCC=C2. The monoisotopic (exact) mass is 407 g/mol. The van der Waals surface area contributed by atoms with Gasteiger partial charge in [0.25, 0.3) is 5.91 Å². The van der Waals surface area contributed by atoms with E-state index in [4.69, 9.17) is 0 Å². The van der Waals surface area contributed by atoms with Gasteiger partial charge in [-0.25, -0.2) is 8.78 Å². The summed E-state index contributed by atoms with van der Waals surface area (Å²) in [5, 5.41) is 11.9. The molecule has 0 saturated carbocycles. The number of benzene rings is 1. The number of anilines is 1.